The standard InChI is InChI=1S/C10H14N4S/c1-4-14-6-9(5-11-14)13-10-12-7(2)8(3)15-10/h5-6H,4H2,1-3H3,(H,12,13). The molecule has 2 heterocycles. The number of hydrogen-bond acceptors (Lipinski definition) is 4. The number of nitrogens with one attached hydrogen (secondary N) is 1. The van der Waals surface area contributed by atoms with E-state index in [1.54, 1.807) is 11.3 Å². The maximum Gasteiger partial charge on any atom is 0.187 e. The second kappa shape index (κ2) is 4.02. The summed E-state index contributed by atoms with van der Waals surface area (Å²) in [6, 6.07) is 0. The van der Waals surface area contributed by atoms with E-state index in [0.717, 1.165) is 23.1 Å². The summed E-state index contributed by atoms with van der Waals surface area (Å²) in [5, 5.41) is 8.37. The van der Waals surface area contributed by atoms with Crippen molar-refractivity contribution in [2.24, 2.45) is 0 Å². The zero-order valence-electron chi connectivity index (χ0n) is 9.11. The van der Waals surface area contributed by atoms with Crippen LogP contribution in [0.15, 0.2) is 12.4 Å². The van der Waals surface area contributed by atoms with Crippen molar-refractivity contribution < 1.29 is 0 Å². The van der Waals surface area contributed by atoms with Crippen LogP contribution in [0.3, 0.4) is 0 Å². The second-order valence-electron chi connectivity index (χ2n) is 3.37. The fraction of sp³-hybridized carbons (Fsp3) is 0.400. The van der Waals surface area contributed by atoms with E-state index < -0.39 is 0 Å². The Morgan fingerprint density at radius 3 is 2.80 bits per heavy atom. The van der Waals surface area contributed by atoms with Crippen LogP contribution in [0.1, 0.15) is 17.5 Å². The predicted octanol–water partition coefficient (Wildman–Crippen LogP) is 2.72. The smallest absolute Gasteiger partial charge is 0.187 e. The van der Waals surface area contributed by atoms with Crippen molar-refractivity contribution in [2.75, 3.05) is 5.32 Å². The number of hydrogen-bond donors (Lipinski definition) is 1. The van der Waals surface area contributed by atoms with Gasteiger partial charge >= 0.3 is 0 Å². The molecule has 0 radical (unpaired) electrons. The highest BCUT2D eigenvalue weighted by atomic mass is 32.1. The van der Waals surface area contributed by atoms with Crippen LogP contribution in [-0.2, 0) is 6.54 Å². The summed E-state index contributed by atoms with van der Waals surface area (Å²) < 4.78 is 1.88. The van der Waals surface area contributed by atoms with Gasteiger partial charge in [-0.25, -0.2) is 4.98 Å². The van der Waals surface area contributed by atoms with Crippen molar-refractivity contribution in [2.45, 2.75) is 27.3 Å². The normalized spacial score (nSPS) is 10.6. The third-order valence-corrected chi connectivity index (χ3v) is 3.23. The summed E-state index contributed by atoms with van der Waals surface area (Å²) in [5.74, 6) is 0. The summed E-state index contributed by atoms with van der Waals surface area (Å²) in [4.78, 5) is 5.66. The minimum absolute atomic E-state index is 0.887. The van der Waals surface area contributed by atoms with Crippen LogP contribution in [0.4, 0.5) is 10.8 Å². The third-order valence-electron chi connectivity index (χ3n) is 2.24. The minimum Gasteiger partial charge on any atom is -0.329 e. The minimum atomic E-state index is 0.887. The molecule has 80 valence electrons. The Balaban J connectivity index is 2.14. The quantitative estimate of drug-likeness (QED) is 0.868. The first-order chi connectivity index (χ1) is 7.19. The van der Waals surface area contributed by atoms with Crippen LogP contribution in [-0.4, -0.2) is 14.8 Å². The highest BCUT2D eigenvalue weighted by Gasteiger charge is 2.04. The second-order valence-corrected chi connectivity index (χ2v) is 4.57. The molecule has 0 amide bonds. The molecule has 0 fully saturated rings. The van der Waals surface area contributed by atoms with E-state index in [1.165, 1.54) is 4.88 Å². The van der Waals surface area contributed by atoms with Crippen molar-refractivity contribution in [3.8, 4) is 0 Å². The maximum absolute atomic E-state index is 4.41. The lowest BCUT2D eigenvalue weighted by molar-refractivity contribution is 0.660. The first-order valence-corrected chi connectivity index (χ1v) is 5.74. The van der Waals surface area contributed by atoms with E-state index in [2.05, 4.69) is 29.2 Å². The van der Waals surface area contributed by atoms with E-state index in [1.807, 2.05) is 24.0 Å². The molecule has 5 heteroatoms. The summed E-state index contributed by atoms with van der Waals surface area (Å²) in [6.45, 7) is 7.05. The lowest BCUT2D eigenvalue weighted by atomic mass is 10.4. The van der Waals surface area contributed by atoms with Gasteiger partial charge < -0.3 is 5.32 Å². The molecule has 2 rings (SSSR count). The molecule has 1 N–H and O–H groups in total. The molecule has 0 aliphatic carbocycles. The Morgan fingerprint density at radius 1 is 1.47 bits per heavy atom. The first kappa shape index (κ1) is 10.2. The summed E-state index contributed by atoms with van der Waals surface area (Å²) in [6.07, 6.45) is 3.79. The zero-order valence-corrected chi connectivity index (χ0v) is 9.93. The molecular formula is C10H14N4S. The number of nitrogens with zero attached hydrogens (tertiary/aromatic N) is 3. The Morgan fingerprint density at radius 2 is 2.27 bits per heavy atom. The molecule has 0 atom stereocenters. The molecule has 4 nitrogen and oxygen atoms in total. The van der Waals surface area contributed by atoms with E-state index in [4.69, 9.17) is 0 Å². The van der Waals surface area contributed by atoms with E-state index >= 15 is 0 Å². The Bertz CT molecular complexity index is 438. The van der Waals surface area contributed by atoms with Gasteiger partial charge in [-0.1, -0.05) is 0 Å². The van der Waals surface area contributed by atoms with Gasteiger partial charge in [0.15, 0.2) is 5.13 Å². The summed E-state index contributed by atoms with van der Waals surface area (Å²) in [7, 11) is 0. The summed E-state index contributed by atoms with van der Waals surface area (Å²) in [5.41, 5.74) is 2.08. The van der Waals surface area contributed by atoms with Crippen LogP contribution < -0.4 is 5.32 Å². The fourth-order valence-electron chi connectivity index (χ4n) is 1.25. The van der Waals surface area contributed by atoms with Crippen LogP contribution in [0.2, 0.25) is 0 Å². The SMILES string of the molecule is CCn1cc(Nc2nc(C)c(C)s2)cn1. The molecule has 0 aliphatic heterocycles. The molecule has 0 aromatic carbocycles. The topological polar surface area (TPSA) is 42.7 Å². The molecule has 0 unspecified atom stereocenters. The highest BCUT2D eigenvalue weighted by molar-refractivity contribution is 7.15. The molecule has 2 aromatic rings. The Labute approximate surface area is 93.0 Å². The molecule has 0 saturated carbocycles. The van der Waals surface area contributed by atoms with Gasteiger partial charge in [-0.3, -0.25) is 4.68 Å². The highest BCUT2D eigenvalue weighted by Crippen LogP contribution is 2.24. The molecule has 15 heavy (non-hydrogen) atoms. The van der Waals surface area contributed by atoms with Crippen molar-refractivity contribution in [1.82, 2.24) is 14.8 Å². The zero-order chi connectivity index (χ0) is 10.8. The van der Waals surface area contributed by atoms with E-state index in [-0.39, 0.29) is 0 Å². The van der Waals surface area contributed by atoms with Gasteiger partial charge in [0.2, 0.25) is 0 Å². The Hall–Kier alpha value is -1.36. The largest absolute Gasteiger partial charge is 0.329 e. The van der Waals surface area contributed by atoms with Crippen molar-refractivity contribution >= 4 is 22.2 Å². The van der Waals surface area contributed by atoms with Crippen LogP contribution >= 0.6 is 11.3 Å². The van der Waals surface area contributed by atoms with Gasteiger partial charge in [0.25, 0.3) is 0 Å². The lowest BCUT2D eigenvalue weighted by Gasteiger charge is -1.96. The third kappa shape index (κ3) is 2.18. The molecular weight excluding hydrogens is 208 g/mol. The predicted molar refractivity (Wildman–Crippen MR) is 62.8 cm³/mol. The average molecular weight is 222 g/mol. The van der Waals surface area contributed by atoms with Crippen LogP contribution in [0.25, 0.3) is 0 Å². The number of anilines is 2. The van der Waals surface area contributed by atoms with Gasteiger partial charge in [-0.15, -0.1) is 11.3 Å². The van der Waals surface area contributed by atoms with Gasteiger partial charge in [-0.05, 0) is 20.8 Å². The number of aryl methyl sites for hydroxylation is 3. The van der Waals surface area contributed by atoms with Gasteiger partial charge in [-0.2, -0.15) is 5.10 Å². The molecule has 0 bridgehead atoms. The van der Waals surface area contributed by atoms with Crippen LogP contribution in [0.5, 0.6) is 0 Å². The number of thiazole rings is 1. The number of aromatic nitrogens is 3. The number of rotatable bonds is 3. The molecule has 0 aliphatic rings. The summed E-state index contributed by atoms with van der Waals surface area (Å²) >= 11 is 1.67. The lowest BCUT2D eigenvalue weighted by Crippen LogP contribution is -1.92. The molecule has 0 saturated heterocycles. The van der Waals surface area contributed by atoms with Gasteiger partial charge in [0, 0.05) is 17.6 Å². The van der Waals surface area contributed by atoms with Gasteiger partial charge in [0.1, 0.15) is 0 Å². The van der Waals surface area contributed by atoms with Crippen molar-refractivity contribution in [3.05, 3.63) is 23.0 Å². The fourth-order valence-corrected chi connectivity index (χ4v) is 2.09. The van der Waals surface area contributed by atoms with Crippen molar-refractivity contribution in [1.29, 1.82) is 0 Å². The van der Waals surface area contributed by atoms with E-state index in [9.17, 15) is 0 Å². The monoisotopic (exact) mass is 222 g/mol. The first-order valence-electron chi connectivity index (χ1n) is 4.92. The van der Waals surface area contributed by atoms with E-state index in [0.29, 0.717) is 0 Å². The van der Waals surface area contributed by atoms with Crippen molar-refractivity contribution in [3.63, 3.8) is 0 Å². The van der Waals surface area contributed by atoms with Crippen LogP contribution in [0, 0.1) is 13.8 Å². The Kier molecular flexibility index (Phi) is 2.73. The van der Waals surface area contributed by atoms with Gasteiger partial charge in [0.05, 0.1) is 17.6 Å². The molecule has 2 aromatic heterocycles. The molecule has 0 spiro atoms. The maximum atomic E-state index is 4.41. The average Bonchev–Trinajstić information content (AvgIpc) is 2.76.